The van der Waals surface area contributed by atoms with Crippen LogP contribution in [0.1, 0.15) is 36.0 Å². The van der Waals surface area contributed by atoms with Gasteiger partial charge in [-0.2, -0.15) is 0 Å². The number of amides is 1. The topological polar surface area (TPSA) is 77.2 Å². The van der Waals surface area contributed by atoms with Crippen LogP contribution < -0.4 is 15.8 Å². The molecular formula is C18H21N3O2. The summed E-state index contributed by atoms with van der Waals surface area (Å²) >= 11 is 0. The van der Waals surface area contributed by atoms with E-state index < -0.39 is 0 Å². The van der Waals surface area contributed by atoms with Gasteiger partial charge in [0, 0.05) is 30.0 Å². The van der Waals surface area contributed by atoms with E-state index in [1.165, 1.54) is 0 Å². The number of benzene rings is 1. The summed E-state index contributed by atoms with van der Waals surface area (Å²) in [6.07, 6.45) is 7.16. The number of pyridine rings is 1. The first-order chi connectivity index (χ1) is 11.2. The van der Waals surface area contributed by atoms with Crippen LogP contribution in [-0.2, 0) is 0 Å². The Morgan fingerprint density at radius 2 is 1.83 bits per heavy atom. The second kappa shape index (κ2) is 7.24. The molecule has 0 unspecified atom stereocenters. The van der Waals surface area contributed by atoms with E-state index in [4.69, 9.17) is 10.5 Å². The number of aromatic nitrogens is 1. The lowest BCUT2D eigenvalue weighted by Gasteiger charge is -2.26. The van der Waals surface area contributed by atoms with Crippen molar-refractivity contribution in [1.82, 2.24) is 10.3 Å². The Kier molecular flexibility index (Phi) is 4.88. The Morgan fingerprint density at radius 3 is 2.57 bits per heavy atom. The van der Waals surface area contributed by atoms with Crippen molar-refractivity contribution in [3.05, 3.63) is 54.4 Å². The highest BCUT2D eigenvalue weighted by molar-refractivity contribution is 5.94. The van der Waals surface area contributed by atoms with Crippen LogP contribution in [0.4, 0.5) is 0 Å². The molecule has 1 saturated carbocycles. The van der Waals surface area contributed by atoms with Gasteiger partial charge >= 0.3 is 0 Å². The summed E-state index contributed by atoms with van der Waals surface area (Å²) in [6, 6.07) is 11.2. The zero-order valence-electron chi connectivity index (χ0n) is 12.9. The minimum Gasteiger partial charge on any atom is -0.457 e. The Bertz CT molecular complexity index is 652. The highest BCUT2D eigenvalue weighted by Gasteiger charge is 2.20. The number of hydrogen-bond acceptors (Lipinski definition) is 4. The summed E-state index contributed by atoms with van der Waals surface area (Å²) < 4.78 is 5.74. The molecule has 0 spiro atoms. The van der Waals surface area contributed by atoms with Gasteiger partial charge in [0.15, 0.2) is 0 Å². The van der Waals surface area contributed by atoms with Gasteiger partial charge in [-0.25, -0.2) is 0 Å². The van der Waals surface area contributed by atoms with Crippen molar-refractivity contribution in [2.24, 2.45) is 5.73 Å². The van der Waals surface area contributed by atoms with E-state index in [0.29, 0.717) is 17.1 Å². The molecule has 1 heterocycles. The highest BCUT2D eigenvalue weighted by Crippen LogP contribution is 2.22. The zero-order chi connectivity index (χ0) is 16.1. The van der Waals surface area contributed by atoms with Crippen LogP contribution in [0.25, 0.3) is 0 Å². The normalized spacial score (nSPS) is 20.7. The number of nitrogens with one attached hydrogen (secondary N) is 1. The lowest BCUT2D eigenvalue weighted by Crippen LogP contribution is -2.40. The van der Waals surface area contributed by atoms with Crippen molar-refractivity contribution >= 4 is 5.91 Å². The molecule has 5 heteroatoms. The first kappa shape index (κ1) is 15.5. The third-order valence-corrected chi connectivity index (χ3v) is 4.09. The molecule has 5 nitrogen and oxygen atoms in total. The Labute approximate surface area is 135 Å². The predicted molar refractivity (Wildman–Crippen MR) is 88.5 cm³/mol. The second-order valence-electron chi connectivity index (χ2n) is 5.90. The molecule has 1 aliphatic rings. The van der Waals surface area contributed by atoms with Gasteiger partial charge in [-0.05, 0) is 56.0 Å². The van der Waals surface area contributed by atoms with Gasteiger partial charge < -0.3 is 15.8 Å². The number of carbonyl (C=O) groups excluding carboxylic acids is 1. The average molecular weight is 311 g/mol. The number of ether oxygens (including phenoxy) is 1. The van der Waals surface area contributed by atoms with Gasteiger partial charge in [-0.15, -0.1) is 0 Å². The predicted octanol–water partition coefficient (Wildman–Crippen LogP) is 2.87. The van der Waals surface area contributed by atoms with Crippen LogP contribution in [0.2, 0.25) is 0 Å². The first-order valence-corrected chi connectivity index (χ1v) is 7.95. The summed E-state index contributed by atoms with van der Waals surface area (Å²) in [4.78, 5) is 16.3. The van der Waals surface area contributed by atoms with Gasteiger partial charge in [0.25, 0.3) is 5.91 Å². The van der Waals surface area contributed by atoms with Crippen LogP contribution in [0.5, 0.6) is 11.5 Å². The molecule has 1 aliphatic carbocycles. The maximum absolute atomic E-state index is 12.4. The quantitative estimate of drug-likeness (QED) is 0.910. The second-order valence-corrected chi connectivity index (χ2v) is 5.90. The molecule has 3 N–H and O–H groups in total. The van der Waals surface area contributed by atoms with Crippen LogP contribution in [0, 0.1) is 0 Å². The monoisotopic (exact) mass is 311 g/mol. The van der Waals surface area contributed by atoms with Gasteiger partial charge in [0.2, 0.25) is 0 Å². The lowest BCUT2D eigenvalue weighted by atomic mass is 9.91. The van der Waals surface area contributed by atoms with Crippen LogP contribution in [0.15, 0.2) is 48.8 Å². The molecule has 0 atom stereocenters. The lowest BCUT2D eigenvalue weighted by molar-refractivity contribution is 0.0925. The van der Waals surface area contributed by atoms with Crippen molar-refractivity contribution in [2.75, 3.05) is 0 Å². The van der Waals surface area contributed by atoms with E-state index in [1.807, 2.05) is 12.1 Å². The molecule has 0 radical (unpaired) electrons. The van der Waals surface area contributed by atoms with Gasteiger partial charge in [0.1, 0.15) is 11.5 Å². The summed E-state index contributed by atoms with van der Waals surface area (Å²) in [6.45, 7) is 0. The Morgan fingerprint density at radius 1 is 1.09 bits per heavy atom. The van der Waals surface area contributed by atoms with Crippen molar-refractivity contribution in [2.45, 2.75) is 37.8 Å². The molecule has 3 rings (SSSR count). The van der Waals surface area contributed by atoms with E-state index in [2.05, 4.69) is 10.3 Å². The molecule has 2 aromatic rings. The SMILES string of the molecule is NC1CCC(NC(=O)c2cccc(Oc3ccncc3)c2)CC1. The van der Waals surface area contributed by atoms with E-state index in [0.717, 1.165) is 25.7 Å². The minimum atomic E-state index is -0.0642. The fourth-order valence-corrected chi connectivity index (χ4v) is 2.78. The fourth-order valence-electron chi connectivity index (χ4n) is 2.78. The maximum atomic E-state index is 12.4. The molecule has 0 bridgehead atoms. The first-order valence-electron chi connectivity index (χ1n) is 7.95. The fraction of sp³-hybridized carbons (Fsp3) is 0.333. The summed E-state index contributed by atoms with van der Waals surface area (Å²) in [5, 5.41) is 3.09. The summed E-state index contributed by atoms with van der Waals surface area (Å²) in [5.74, 6) is 1.26. The van der Waals surface area contributed by atoms with Crippen molar-refractivity contribution in [1.29, 1.82) is 0 Å². The third-order valence-electron chi connectivity index (χ3n) is 4.09. The smallest absolute Gasteiger partial charge is 0.251 e. The van der Waals surface area contributed by atoms with Crippen molar-refractivity contribution in [3.63, 3.8) is 0 Å². The number of nitrogens with two attached hydrogens (primary N) is 1. The number of carbonyl (C=O) groups is 1. The number of nitrogens with zero attached hydrogens (tertiary/aromatic N) is 1. The molecule has 1 fully saturated rings. The third kappa shape index (κ3) is 4.29. The molecule has 1 aromatic heterocycles. The molecule has 0 aliphatic heterocycles. The summed E-state index contributed by atoms with van der Waals surface area (Å²) in [5.41, 5.74) is 6.50. The van der Waals surface area contributed by atoms with Gasteiger partial charge in [0.05, 0.1) is 0 Å². The average Bonchev–Trinajstić information content (AvgIpc) is 2.58. The Hall–Kier alpha value is -2.40. The van der Waals surface area contributed by atoms with E-state index in [-0.39, 0.29) is 18.0 Å². The molecule has 1 amide bonds. The van der Waals surface area contributed by atoms with Gasteiger partial charge in [-0.3, -0.25) is 9.78 Å². The molecular weight excluding hydrogens is 290 g/mol. The molecule has 120 valence electrons. The highest BCUT2D eigenvalue weighted by atomic mass is 16.5. The number of rotatable bonds is 4. The van der Waals surface area contributed by atoms with Crippen LogP contribution in [-0.4, -0.2) is 23.0 Å². The van der Waals surface area contributed by atoms with Crippen molar-refractivity contribution in [3.8, 4) is 11.5 Å². The van der Waals surface area contributed by atoms with Crippen molar-refractivity contribution < 1.29 is 9.53 Å². The number of hydrogen-bond donors (Lipinski definition) is 2. The zero-order valence-corrected chi connectivity index (χ0v) is 12.9. The van der Waals surface area contributed by atoms with E-state index in [9.17, 15) is 4.79 Å². The molecule has 0 saturated heterocycles. The Balaban J connectivity index is 1.63. The standard InChI is InChI=1S/C18H21N3O2/c19-14-4-6-15(7-5-14)21-18(22)13-2-1-3-17(12-13)23-16-8-10-20-11-9-16/h1-3,8-12,14-15H,4-7,19H2,(H,21,22). The van der Waals surface area contributed by atoms with Crippen LogP contribution >= 0.6 is 0 Å². The van der Waals surface area contributed by atoms with Gasteiger partial charge in [-0.1, -0.05) is 6.07 Å². The molecule has 1 aromatic carbocycles. The van der Waals surface area contributed by atoms with E-state index >= 15 is 0 Å². The minimum absolute atomic E-state index is 0.0642. The maximum Gasteiger partial charge on any atom is 0.251 e. The molecule has 23 heavy (non-hydrogen) atoms. The van der Waals surface area contributed by atoms with Crippen LogP contribution in [0.3, 0.4) is 0 Å². The largest absolute Gasteiger partial charge is 0.457 e. The summed E-state index contributed by atoms with van der Waals surface area (Å²) in [7, 11) is 0. The van der Waals surface area contributed by atoms with E-state index in [1.54, 1.807) is 36.7 Å².